The number of hydrogen-bond acceptors (Lipinski definition) is 6. The molecule has 0 saturated carbocycles. The summed E-state index contributed by atoms with van der Waals surface area (Å²) in [6.45, 7) is 1.41. The summed E-state index contributed by atoms with van der Waals surface area (Å²) in [6.07, 6.45) is 6.12. The zero-order valence-corrected chi connectivity index (χ0v) is 12.7. The number of rotatable bonds is 7. The lowest BCUT2D eigenvalue weighted by molar-refractivity contribution is 0.927. The lowest BCUT2D eigenvalue weighted by Gasteiger charge is -2.07. The standard InChI is InChI=1S/C17H18N6/c1-2-5-14(6-3-1)8-10-19-16-13-21-23-17(22-16)20-12-15-7-4-9-18-11-15/h1-7,9,11,13H,8,10,12H2,(H2,19,20,22,23). The molecular weight excluding hydrogens is 288 g/mol. The average Bonchev–Trinajstić information content (AvgIpc) is 2.62. The number of nitrogens with one attached hydrogen (secondary N) is 2. The van der Waals surface area contributed by atoms with Crippen LogP contribution in [0.25, 0.3) is 0 Å². The number of nitrogens with zero attached hydrogens (tertiary/aromatic N) is 4. The highest BCUT2D eigenvalue weighted by Gasteiger charge is 2.01. The summed E-state index contributed by atoms with van der Waals surface area (Å²) >= 11 is 0. The van der Waals surface area contributed by atoms with Gasteiger partial charge in [-0.1, -0.05) is 36.4 Å². The van der Waals surface area contributed by atoms with E-state index in [0.717, 1.165) is 18.5 Å². The van der Waals surface area contributed by atoms with E-state index in [1.165, 1.54) is 5.56 Å². The molecule has 6 nitrogen and oxygen atoms in total. The van der Waals surface area contributed by atoms with Crippen LogP contribution in [-0.2, 0) is 13.0 Å². The van der Waals surface area contributed by atoms with Gasteiger partial charge in [0.2, 0.25) is 5.95 Å². The first-order valence-electron chi connectivity index (χ1n) is 7.50. The van der Waals surface area contributed by atoms with Gasteiger partial charge in [-0.3, -0.25) is 4.98 Å². The summed E-state index contributed by atoms with van der Waals surface area (Å²) in [4.78, 5) is 8.48. The number of hydrogen-bond donors (Lipinski definition) is 2. The van der Waals surface area contributed by atoms with Crippen molar-refractivity contribution in [3.63, 3.8) is 0 Å². The summed E-state index contributed by atoms with van der Waals surface area (Å²) in [5.74, 6) is 1.21. The smallest absolute Gasteiger partial charge is 0.244 e. The molecule has 2 N–H and O–H groups in total. The van der Waals surface area contributed by atoms with E-state index >= 15 is 0 Å². The Balaban J connectivity index is 1.51. The van der Waals surface area contributed by atoms with Crippen molar-refractivity contribution in [1.82, 2.24) is 20.2 Å². The molecule has 3 rings (SSSR count). The first kappa shape index (κ1) is 14.9. The lowest BCUT2D eigenvalue weighted by atomic mass is 10.1. The predicted octanol–water partition coefficient (Wildman–Crippen LogP) is 2.53. The van der Waals surface area contributed by atoms with Crippen LogP contribution >= 0.6 is 0 Å². The summed E-state index contributed by atoms with van der Waals surface area (Å²) in [6, 6.07) is 14.2. The predicted molar refractivity (Wildman–Crippen MR) is 90.0 cm³/mol. The fraction of sp³-hybridized carbons (Fsp3) is 0.176. The van der Waals surface area contributed by atoms with Crippen LogP contribution in [-0.4, -0.2) is 26.7 Å². The molecule has 3 aromatic rings. The van der Waals surface area contributed by atoms with Crippen molar-refractivity contribution in [2.75, 3.05) is 17.2 Å². The van der Waals surface area contributed by atoms with Crippen LogP contribution in [0, 0.1) is 0 Å². The zero-order chi connectivity index (χ0) is 15.7. The minimum absolute atomic E-state index is 0.499. The van der Waals surface area contributed by atoms with Crippen LogP contribution < -0.4 is 10.6 Å². The SMILES string of the molecule is c1ccc(CCNc2cnnc(NCc3cccnc3)n2)cc1. The molecule has 0 saturated heterocycles. The third kappa shape index (κ3) is 4.74. The molecule has 0 aliphatic carbocycles. The molecule has 2 aromatic heterocycles. The van der Waals surface area contributed by atoms with E-state index in [0.29, 0.717) is 18.3 Å². The number of anilines is 2. The minimum Gasteiger partial charge on any atom is -0.368 e. The van der Waals surface area contributed by atoms with E-state index in [1.807, 2.05) is 36.5 Å². The van der Waals surface area contributed by atoms with Gasteiger partial charge in [0.15, 0.2) is 5.82 Å². The van der Waals surface area contributed by atoms with E-state index < -0.39 is 0 Å². The van der Waals surface area contributed by atoms with Crippen molar-refractivity contribution in [2.24, 2.45) is 0 Å². The van der Waals surface area contributed by atoms with E-state index in [-0.39, 0.29) is 0 Å². The molecular formula is C17H18N6. The third-order valence-electron chi connectivity index (χ3n) is 3.29. The van der Waals surface area contributed by atoms with Crippen LogP contribution in [0.4, 0.5) is 11.8 Å². The molecule has 0 aliphatic rings. The highest BCUT2D eigenvalue weighted by Crippen LogP contribution is 2.06. The van der Waals surface area contributed by atoms with Crippen LogP contribution in [0.2, 0.25) is 0 Å². The Labute approximate surface area is 135 Å². The normalized spacial score (nSPS) is 10.3. The van der Waals surface area contributed by atoms with E-state index in [9.17, 15) is 0 Å². The first-order chi connectivity index (χ1) is 11.4. The topological polar surface area (TPSA) is 75.6 Å². The Morgan fingerprint density at radius 2 is 1.74 bits per heavy atom. The quantitative estimate of drug-likeness (QED) is 0.698. The molecule has 0 radical (unpaired) electrons. The maximum Gasteiger partial charge on any atom is 0.244 e. The summed E-state index contributed by atoms with van der Waals surface area (Å²) in [5, 5.41) is 14.4. The highest BCUT2D eigenvalue weighted by atomic mass is 15.3. The molecule has 0 atom stereocenters. The van der Waals surface area contributed by atoms with Crippen molar-refractivity contribution in [3.05, 3.63) is 72.2 Å². The van der Waals surface area contributed by atoms with Gasteiger partial charge in [0.25, 0.3) is 0 Å². The second-order valence-electron chi connectivity index (χ2n) is 5.04. The zero-order valence-electron chi connectivity index (χ0n) is 12.7. The molecule has 6 heteroatoms. The van der Waals surface area contributed by atoms with Gasteiger partial charge < -0.3 is 10.6 Å². The second kappa shape index (κ2) is 7.84. The number of aromatic nitrogens is 4. The summed E-state index contributed by atoms with van der Waals surface area (Å²) in [7, 11) is 0. The largest absolute Gasteiger partial charge is 0.368 e. The van der Waals surface area contributed by atoms with Gasteiger partial charge >= 0.3 is 0 Å². The highest BCUT2D eigenvalue weighted by molar-refractivity contribution is 5.37. The first-order valence-corrected chi connectivity index (χ1v) is 7.50. The Morgan fingerprint density at radius 3 is 2.57 bits per heavy atom. The van der Waals surface area contributed by atoms with E-state index in [2.05, 4.69) is 42.9 Å². The van der Waals surface area contributed by atoms with Gasteiger partial charge in [-0.2, -0.15) is 10.1 Å². The van der Waals surface area contributed by atoms with Gasteiger partial charge in [-0.05, 0) is 23.6 Å². The molecule has 1 aromatic carbocycles. The Hall–Kier alpha value is -3.02. The van der Waals surface area contributed by atoms with Gasteiger partial charge in [0, 0.05) is 25.5 Å². The molecule has 0 aliphatic heterocycles. The molecule has 23 heavy (non-hydrogen) atoms. The Bertz CT molecular complexity index is 717. The molecule has 0 unspecified atom stereocenters. The number of pyridine rings is 1. The van der Waals surface area contributed by atoms with E-state index in [1.54, 1.807) is 12.4 Å². The van der Waals surface area contributed by atoms with Gasteiger partial charge in [0.05, 0.1) is 6.20 Å². The fourth-order valence-electron chi connectivity index (χ4n) is 2.13. The van der Waals surface area contributed by atoms with Crippen LogP contribution in [0.5, 0.6) is 0 Å². The Morgan fingerprint density at radius 1 is 0.870 bits per heavy atom. The minimum atomic E-state index is 0.499. The molecule has 0 spiro atoms. The van der Waals surface area contributed by atoms with Crippen LogP contribution in [0.1, 0.15) is 11.1 Å². The van der Waals surface area contributed by atoms with Crippen LogP contribution in [0.3, 0.4) is 0 Å². The third-order valence-corrected chi connectivity index (χ3v) is 3.29. The molecule has 0 amide bonds. The maximum absolute atomic E-state index is 4.40. The van der Waals surface area contributed by atoms with Crippen molar-refractivity contribution in [2.45, 2.75) is 13.0 Å². The Kier molecular flexibility index (Phi) is 5.08. The van der Waals surface area contributed by atoms with Gasteiger partial charge in [0.1, 0.15) is 0 Å². The summed E-state index contributed by atoms with van der Waals surface area (Å²) in [5.41, 5.74) is 2.36. The van der Waals surface area contributed by atoms with E-state index in [4.69, 9.17) is 0 Å². The molecule has 0 fully saturated rings. The second-order valence-corrected chi connectivity index (χ2v) is 5.04. The monoisotopic (exact) mass is 306 g/mol. The van der Waals surface area contributed by atoms with Crippen molar-refractivity contribution in [1.29, 1.82) is 0 Å². The van der Waals surface area contributed by atoms with Crippen molar-refractivity contribution < 1.29 is 0 Å². The number of benzene rings is 1. The maximum atomic E-state index is 4.40. The van der Waals surface area contributed by atoms with Crippen molar-refractivity contribution in [3.8, 4) is 0 Å². The van der Waals surface area contributed by atoms with Gasteiger partial charge in [-0.15, -0.1) is 5.10 Å². The molecule has 0 bridgehead atoms. The fourth-order valence-corrected chi connectivity index (χ4v) is 2.13. The van der Waals surface area contributed by atoms with Crippen LogP contribution in [0.15, 0.2) is 61.1 Å². The average molecular weight is 306 g/mol. The van der Waals surface area contributed by atoms with Gasteiger partial charge in [-0.25, -0.2) is 0 Å². The molecule has 116 valence electrons. The lowest BCUT2D eigenvalue weighted by Crippen LogP contribution is -2.10. The molecule has 2 heterocycles. The van der Waals surface area contributed by atoms with Crippen molar-refractivity contribution >= 4 is 11.8 Å². The summed E-state index contributed by atoms with van der Waals surface area (Å²) < 4.78 is 0.